The standard InChI is InChI=1S/C15H15NO2/c1-3-18-15(17)11(2)10-13-9-8-12-6-4-5-7-14(12)16-13/h4-10H,3H2,1-2H3/b11-10+. The van der Waals surface area contributed by atoms with Crippen molar-refractivity contribution in [1.82, 2.24) is 4.98 Å². The van der Waals surface area contributed by atoms with Crippen LogP contribution in [0.15, 0.2) is 42.0 Å². The van der Waals surface area contributed by atoms with Gasteiger partial charge in [-0.1, -0.05) is 24.3 Å². The van der Waals surface area contributed by atoms with Gasteiger partial charge in [-0.05, 0) is 32.1 Å². The van der Waals surface area contributed by atoms with Crippen molar-refractivity contribution in [2.75, 3.05) is 6.61 Å². The lowest BCUT2D eigenvalue weighted by molar-refractivity contribution is -0.138. The molecule has 92 valence electrons. The number of pyridine rings is 1. The maximum atomic E-state index is 11.5. The molecule has 0 aliphatic heterocycles. The van der Waals surface area contributed by atoms with Crippen LogP contribution in [0.4, 0.5) is 0 Å². The first-order chi connectivity index (χ1) is 8.70. The van der Waals surface area contributed by atoms with Crippen LogP contribution in [-0.2, 0) is 9.53 Å². The van der Waals surface area contributed by atoms with Crippen molar-refractivity contribution in [2.24, 2.45) is 0 Å². The van der Waals surface area contributed by atoms with Crippen molar-refractivity contribution in [3.8, 4) is 0 Å². The number of benzene rings is 1. The Bertz CT molecular complexity index is 602. The average molecular weight is 241 g/mol. The van der Waals surface area contributed by atoms with Gasteiger partial charge in [0.2, 0.25) is 0 Å². The molecule has 0 bridgehead atoms. The summed E-state index contributed by atoms with van der Waals surface area (Å²) in [6.07, 6.45) is 1.74. The van der Waals surface area contributed by atoms with E-state index in [0.29, 0.717) is 12.2 Å². The van der Waals surface area contributed by atoms with Crippen LogP contribution in [0.2, 0.25) is 0 Å². The van der Waals surface area contributed by atoms with Crippen LogP contribution in [-0.4, -0.2) is 17.6 Å². The fourth-order valence-corrected chi connectivity index (χ4v) is 1.69. The van der Waals surface area contributed by atoms with E-state index in [4.69, 9.17) is 4.74 Å². The van der Waals surface area contributed by atoms with Crippen LogP contribution in [0.3, 0.4) is 0 Å². The molecule has 2 aromatic rings. The first-order valence-electron chi connectivity index (χ1n) is 5.92. The van der Waals surface area contributed by atoms with Crippen molar-refractivity contribution in [1.29, 1.82) is 0 Å². The SMILES string of the molecule is CCOC(=O)/C(C)=C/c1ccc2ccccc2n1. The van der Waals surface area contributed by atoms with Gasteiger partial charge in [0, 0.05) is 11.0 Å². The normalized spacial score (nSPS) is 11.6. The molecular weight excluding hydrogens is 226 g/mol. The quantitative estimate of drug-likeness (QED) is 0.612. The minimum atomic E-state index is -0.299. The molecule has 0 fully saturated rings. The lowest BCUT2D eigenvalue weighted by Crippen LogP contribution is -2.04. The molecule has 0 unspecified atom stereocenters. The van der Waals surface area contributed by atoms with Gasteiger partial charge < -0.3 is 4.74 Å². The molecular formula is C15H15NO2. The third-order valence-electron chi connectivity index (χ3n) is 2.58. The molecule has 2 rings (SSSR count). The number of ether oxygens (including phenoxy) is 1. The van der Waals surface area contributed by atoms with Gasteiger partial charge >= 0.3 is 5.97 Å². The maximum absolute atomic E-state index is 11.5. The molecule has 3 nitrogen and oxygen atoms in total. The zero-order valence-corrected chi connectivity index (χ0v) is 10.5. The van der Waals surface area contributed by atoms with E-state index in [-0.39, 0.29) is 5.97 Å². The van der Waals surface area contributed by atoms with E-state index in [0.717, 1.165) is 16.6 Å². The molecule has 0 aliphatic carbocycles. The predicted octanol–water partition coefficient (Wildman–Crippen LogP) is 3.20. The van der Waals surface area contributed by atoms with Crippen LogP contribution in [0.25, 0.3) is 17.0 Å². The second-order valence-electron chi connectivity index (χ2n) is 3.98. The van der Waals surface area contributed by atoms with Crippen LogP contribution in [0.1, 0.15) is 19.5 Å². The third kappa shape index (κ3) is 2.74. The van der Waals surface area contributed by atoms with Gasteiger partial charge in [-0.2, -0.15) is 0 Å². The summed E-state index contributed by atoms with van der Waals surface area (Å²) in [5.74, 6) is -0.299. The smallest absolute Gasteiger partial charge is 0.333 e. The number of hydrogen-bond donors (Lipinski definition) is 0. The van der Waals surface area contributed by atoms with Crippen LogP contribution >= 0.6 is 0 Å². The van der Waals surface area contributed by atoms with E-state index < -0.39 is 0 Å². The molecule has 0 spiro atoms. The highest BCUT2D eigenvalue weighted by Crippen LogP contribution is 2.14. The molecule has 0 amide bonds. The Morgan fingerprint density at radius 2 is 2.06 bits per heavy atom. The van der Waals surface area contributed by atoms with Gasteiger partial charge in [0.1, 0.15) is 0 Å². The van der Waals surface area contributed by atoms with Crippen molar-refractivity contribution >= 4 is 22.9 Å². The van der Waals surface area contributed by atoms with E-state index in [9.17, 15) is 4.79 Å². The summed E-state index contributed by atoms with van der Waals surface area (Å²) in [6.45, 7) is 3.91. The maximum Gasteiger partial charge on any atom is 0.333 e. The molecule has 18 heavy (non-hydrogen) atoms. The minimum Gasteiger partial charge on any atom is -0.463 e. The Labute approximate surface area is 106 Å². The molecule has 0 aliphatic rings. The Kier molecular flexibility index (Phi) is 3.72. The van der Waals surface area contributed by atoms with Crippen molar-refractivity contribution in [3.63, 3.8) is 0 Å². The summed E-state index contributed by atoms with van der Waals surface area (Å²) in [4.78, 5) is 16.0. The molecule has 0 N–H and O–H groups in total. The zero-order valence-electron chi connectivity index (χ0n) is 10.5. The zero-order chi connectivity index (χ0) is 13.0. The van der Waals surface area contributed by atoms with E-state index in [1.54, 1.807) is 19.9 Å². The number of fused-ring (bicyclic) bond motifs is 1. The molecule has 0 radical (unpaired) electrons. The number of carbonyl (C=O) groups excluding carboxylic acids is 1. The number of hydrogen-bond acceptors (Lipinski definition) is 3. The molecule has 0 saturated heterocycles. The molecule has 3 heteroatoms. The second kappa shape index (κ2) is 5.45. The topological polar surface area (TPSA) is 39.2 Å². The highest BCUT2D eigenvalue weighted by atomic mass is 16.5. The fourth-order valence-electron chi connectivity index (χ4n) is 1.69. The highest BCUT2D eigenvalue weighted by Gasteiger charge is 2.05. The van der Waals surface area contributed by atoms with Crippen LogP contribution in [0.5, 0.6) is 0 Å². The second-order valence-corrected chi connectivity index (χ2v) is 3.98. The van der Waals surface area contributed by atoms with Gasteiger partial charge in [-0.3, -0.25) is 0 Å². The van der Waals surface area contributed by atoms with E-state index >= 15 is 0 Å². The van der Waals surface area contributed by atoms with E-state index in [2.05, 4.69) is 4.98 Å². The van der Waals surface area contributed by atoms with Gasteiger partial charge in [0.15, 0.2) is 0 Å². The van der Waals surface area contributed by atoms with Crippen LogP contribution < -0.4 is 0 Å². The number of para-hydroxylation sites is 1. The summed E-state index contributed by atoms with van der Waals surface area (Å²) in [5, 5.41) is 1.09. The fraction of sp³-hybridized carbons (Fsp3) is 0.200. The van der Waals surface area contributed by atoms with Gasteiger partial charge in [0.25, 0.3) is 0 Å². The highest BCUT2D eigenvalue weighted by molar-refractivity contribution is 5.93. The molecule has 1 aromatic carbocycles. The number of carbonyl (C=O) groups is 1. The predicted molar refractivity (Wildman–Crippen MR) is 72.0 cm³/mol. The molecule has 1 heterocycles. The summed E-state index contributed by atoms with van der Waals surface area (Å²) in [6, 6.07) is 11.8. The lowest BCUT2D eigenvalue weighted by Gasteiger charge is -2.02. The summed E-state index contributed by atoms with van der Waals surface area (Å²) < 4.78 is 4.93. The first kappa shape index (κ1) is 12.3. The lowest BCUT2D eigenvalue weighted by atomic mass is 10.2. The Morgan fingerprint density at radius 1 is 1.28 bits per heavy atom. The van der Waals surface area contributed by atoms with Gasteiger partial charge in [0.05, 0.1) is 17.8 Å². The number of nitrogens with zero attached hydrogens (tertiary/aromatic N) is 1. The minimum absolute atomic E-state index is 0.299. The van der Waals surface area contributed by atoms with Crippen LogP contribution in [0, 0.1) is 0 Å². The Hall–Kier alpha value is -2.16. The number of esters is 1. The average Bonchev–Trinajstić information content (AvgIpc) is 2.39. The van der Waals surface area contributed by atoms with Crippen molar-refractivity contribution < 1.29 is 9.53 Å². The number of rotatable bonds is 3. The summed E-state index contributed by atoms with van der Waals surface area (Å²) in [5.41, 5.74) is 2.24. The summed E-state index contributed by atoms with van der Waals surface area (Å²) in [7, 11) is 0. The Balaban J connectivity index is 2.31. The third-order valence-corrected chi connectivity index (χ3v) is 2.58. The van der Waals surface area contributed by atoms with Crippen molar-refractivity contribution in [3.05, 3.63) is 47.7 Å². The van der Waals surface area contributed by atoms with Gasteiger partial charge in [-0.25, -0.2) is 9.78 Å². The number of aromatic nitrogens is 1. The molecule has 0 atom stereocenters. The molecule has 1 aromatic heterocycles. The van der Waals surface area contributed by atoms with Gasteiger partial charge in [-0.15, -0.1) is 0 Å². The largest absolute Gasteiger partial charge is 0.463 e. The first-order valence-corrected chi connectivity index (χ1v) is 5.92. The van der Waals surface area contributed by atoms with E-state index in [1.807, 2.05) is 36.4 Å². The van der Waals surface area contributed by atoms with E-state index in [1.165, 1.54) is 0 Å². The van der Waals surface area contributed by atoms with Crippen molar-refractivity contribution in [2.45, 2.75) is 13.8 Å². The monoisotopic (exact) mass is 241 g/mol. The Morgan fingerprint density at radius 3 is 2.83 bits per heavy atom. The summed E-state index contributed by atoms with van der Waals surface area (Å²) >= 11 is 0. The molecule has 0 saturated carbocycles.